The number of aromatic amines is 1. The third kappa shape index (κ3) is 3.85. The molecule has 3 aromatic rings. The Morgan fingerprint density at radius 1 is 1.07 bits per heavy atom. The average Bonchev–Trinajstić information content (AvgIpc) is 3.41. The van der Waals surface area contributed by atoms with Crippen LogP contribution in [-0.4, -0.2) is 40.6 Å². The molecule has 1 fully saturated rings. The molecule has 28 heavy (non-hydrogen) atoms. The van der Waals surface area contributed by atoms with Crippen molar-refractivity contribution >= 4 is 34.4 Å². The van der Waals surface area contributed by atoms with Crippen molar-refractivity contribution < 1.29 is 19.1 Å². The maximum absolute atomic E-state index is 12.3. The van der Waals surface area contributed by atoms with Gasteiger partial charge in [-0.2, -0.15) is 5.10 Å². The fraction of sp³-hybridized carbons (Fsp3) is 0.200. The first-order valence-corrected chi connectivity index (χ1v) is 8.92. The molecule has 0 unspecified atom stereocenters. The predicted molar refractivity (Wildman–Crippen MR) is 102 cm³/mol. The van der Waals surface area contributed by atoms with Crippen LogP contribution in [0.5, 0.6) is 0 Å². The van der Waals surface area contributed by atoms with Gasteiger partial charge < -0.3 is 15.4 Å². The van der Waals surface area contributed by atoms with Crippen LogP contribution in [-0.2, 0) is 9.53 Å². The van der Waals surface area contributed by atoms with Gasteiger partial charge in [0.2, 0.25) is 0 Å². The van der Waals surface area contributed by atoms with Gasteiger partial charge in [-0.1, -0.05) is 30.3 Å². The Morgan fingerprint density at radius 2 is 1.82 bits per heavy atom. The number of H-pyrrole nitrogens is 1. The summed E-state index contributed by atoms with van der Waals surface area (Å²) in [6.07, 6.45) is 1.94. The van der Waals surface area contributed by atoms with Crippen LogP contribution in [0.15, 0.2) is 48.5 Å². The van der Waals surface area contributed by atoms with Gasteiger partial charge in [-0.25, -0.2) is 4.79 Å². The smallest absolute Gasteiger partial charge is 0.359 e. The number of carbonyl (C=O) groups is 3. The van der Waals surface area contributed by atoms with Crippen LogP contribution in [0.4, 0.5) is 5.69 Å². The first-order valence-electron chi connectivity index (χ1n) is 8.92. The lowest BCUT2D eigenvalue weighted by Gasteiger charge is -2.11. The van der Waals surface area contributed by atoms with Crippen LogP contribution in [0, 0.1) is 0 Å². The Bertz CT molecular complexity index is 1060. The topological polar surface area (TPSA) is 113 Å². The molecule has 142 valence electrons. The first-order chi connectivity index (χ1) is 13.6. The predicted octanol–water partition coefficient (Wildman–Crippen LogP) is 2.25. The zero-order chi connectivity index (χ0) is 19.5. The van der Waals surface area contributed by atoms with Gasteiger partial charge in [0, 0.05) is 11.4 Å². The number of nitrogens with one attached hydrogen (secondary N) is 3. The van der Waals surface area contributed by atoms with Gasteiger partial charge in [-0.3, -0.25) is 14.7 Å². The van der Waals surface area contributed by atoms with E-state index in [4.69, 9.17) is 4.74 Å². The summed E-state index contributed by atoms with van der Waals surface area (Å²) in [5, 5.41) is 12.8. The van der Waals surface area contributed by atoms with E-state index in [1.54, 1.807) is 42.5 Å². The molecule has 4 rings (SSSR count). The van der Waals surface area contributed by atoms with Crippen LogP contribution in [0.3, 0.4) is 0 Å². The summed E-state index contributed by atoms with van der Waals surface area (Å²) in [6, 6.07) is 14.0. The number of nitrogens with zero attached hydrogens (tertiary/aromatic N) is 1. The number of rotatable bonds is 6. The molecule has 0 radical (unpaired) electrons. The largest absolute Gasteiger partial charge is 0.451 e. The molecule has 8 heteroatoms. The standard InChI is InChI=1S/C20H18N4O4/c25-17(11-28-20(27)18-13-5-1-4-8-16(13)23-24-18)22-15-7-3-2-6-14(15)19(26)21-12-9-10-12/h1-8,12H,9-11H2,(H,21,26)(H,22,25)(H,23,24). The van der Waals surface area contributed by atoms with Gasteiger partial charge in [-0.05, 0) is 31.0 Å². The summed E-state index contributed by atoms with van der Waals surface area (Å²) in [5.74, 6) is -1.48. The minimum atomic E-state index is -0.702. The highest BCUT2D eigenvalue weighted by Crippen LogP contribution is 2.21. The summed E-state index contributed by atoms with van der Waals surface area (Å²) in [7, 11) is 0. The van der Waals surface area contributed by atoms with Crippen molar-refractivity contribution in [1.29, 1.82) is 0 Å². The van der Waals surface area contributed by atoms with E-state index in [2.05, 4.69) is 20.8 Å². The lowest BCUT2D eigenvalue weighted by atomic mass is 10.1. The second-order valence-electron chi connectivity index (χ2n) is 6.54. The van der Waals surface area contributed by atoms with Crippen molar-refractivity contribution in [3.63, 3.8) is 0 Å². The van der Waals surface area contributed by atoms with Gasteiger partial charge in [-0.15, -0.1) is 0 Å². The van der Waals surface area contributed by atoms with Gasteiger partial charge in [0.15, 0.2) is 12.3 Å². The Balaban J connectivity index is 1.38. The monoisotopic (exact) mass is 378 g/mol. The fourth-order valence-electron chi connectivity index (χ4n) is 2.79. The van der Waals surface area contributed by atoms with Crippen molar-refractivity contribution in [2.45, 2.75) is 18.9 Å². The molecule has 1 aliphatic rings. The van der Waals surface area contributed by atoms with Crippen LogP contribution < -0.4 is 10.6 Å². The summed E-state index contributed by atoms with van der Waals surface area (Å²) in [5.41, 5.74) is 1.56. The summed E-state index contributed by atoms with van der Waals surface area (Å²) >= 11 is 0. The summed E-state index contributed by atoms with van der Waals surface area (Å²) in [4.78, 5) is 36.7. The van der Waals surface area contributed by atoms with Gasteiger partial charge in [0.25, 0.3) is 11.8 Å². The molecule has 0 atom stereocenters. The number of benzene rings is 2. The van der Waals surface area contributed by atoms with Crippen LogP contribution in [0.1, 0.15) is 33.7 Å². The van der Waals surface area contributed by atoms with Crippen molar-refractivity contribution in [2.24, 2.45) is 0 Å². The van der Waals surface area contributed by atoms with Gasteiger partial charge >= 0.3 is 5.97 Å². The maximum atomic E-state index is 12.3. The highest BCUT2D eigenvalue weighted by molar-refractivity contribution is 6.05. The minimum absolute atomic E-state index is 0.118. The molecule has 0 spiro atoms. The molecule has 2 amide bonds. The van der Waals surface area contributed by atoms with E-state index in [0.717, 1.165) is 12.8 Å². The van der Waals surface area contributed by atoms with Crippen LogP contribution >= 0.6 is 0 Å². The van der Waals surface area contributed by atoms with Crippen molar-refractivity contribution in [3.05, 3.63) is 59.8 Å². The molecule has 2 aromatic carbocycles. The second kappa shape index (κ2) is 7.51. The van der Waals surface area contributed by atoms with Crippen LogP contribution in [0.2, 0.25) is 0 Å². The number of para-hydroxylation sites is 2. The molecule has 0 aliphatic heterocycles. The number of carbonyl (C=O) groups excluding carboxylic acids is 3. The number of aromatic nitrogens is 2. The third-order valence-corrected chi connectivity index (χ3v) is 4.36. The van der Waals surface area contributed by atoms with Gasteiger partial charge in [0.1, 0.15) is 0 Å². The zero-order valence-electron chi connectivity index (χ0n) is 14.9. The quantitative estimate of drug-likeness (QED) is 0.570. The number of fused-ring (bicyclic) bond motifs is 1. The molecule has 1 saturated carbocycles. The van der Waals surface area contributed by atoms with Crippen molar-refractivity contribution in [1.82, 2.24) is 15.5 Å². The summed E-state index contributed by atoms with van der Waals surface area (Å²) in [6.45, 7) is -0.488. The summed E-state index contributed by atoms with van der Waals surface area (Å²) < 4.78 is 5.07. The minimum Gasteiger partial charge on any atom is -0.451 e. The number of esters is 1. The Kier molecular flexibility index (Phi) is 4.76. The lowest BCUT2D eigenvalue weighted by Crippen LogP contribution is -2.28. The van der Waals surface area contributed by atoms with E-state index in [1.807, 2.05) is 6.07 Å². The van der Waals surface area contributed by atoms with E-state index in [0.29, 0.717) is 22.2 Å². The van der Waals surface area contributed by atoms with E-state index < -0.39 is 18.5 Å². The highest BCUT2D eigenvalue weighted by Gasteiger charge is 2.25. The van der Waals surface area contributed by atoms with Crippen molar-refractivity contribution in [3.8, 4) is 0 Å². The molecule has 1 aliphatic carbocycles. The SMILES string of the molecule is O=C(COC(=O)c1n[nH]c2ccccc12)Nc1ccccc1C(=O)NC1CC1. The van der Waals surface area contributed by atoms with Crippen LogP contribution in [0.25, 0.3) is 10.9 Å². The normalized spacial score (nSPS) is 13.1. The molecule has 3 N–H and O–H groups in total. The number of hydrogen-bond donors (Lipinski definition) is 3. The fourth-order valence-corrected chi connectivity index (χ4v) is 2.79. The van der Waals surface area contributed by atoms with Gasteiger partial charge in [0.05, 0.1) is 16.8 Å². The highest BCUT2D eigenvalue weighted by atomic mass is 16.5. The first kappa shape index (κ1) is 17.7. The number of hydrogen-bond acceptors (Lipinski definition) is 5. The molecular weight excluding hydrogens is 360 g/mol. The molecule has 0 saturated heterocycles. The Labute approximate surface area is 160 Å². The number of anilines is 1. The molecule has 8 nitrogen and oxygen atoms in total. The second-order valence-corrected chi connectivity index (χ2v) is 6.54. The van der Waals surface area contributed by atoms with E-state index in [9.17, 15) is 14.4 Å². The average molecular weight is 378 g/mol. The van der Waals surface area contributed by atoms with E-state index in [-0.39, 0.29) is 17.6 Å². The van der Waals surface area contributed by atoms with E-state index >= 15 is 0 Å². The molecule has 1 heterocycles. The zero-order valence-corrected chi connectivity index (χ0v) is 14.9. The van der Waals surface area contributed by atoms with Crippen molar-refractivity contribution in [2.75, 3.05) is 11.9 Å². The lowest BCUT2D eigenvalue weighted by molar-refractivity contribution is -0.119. The Hall–Kier alpha value is -3.68. The number of ether oxygens (including phenoxy) is 1. The molecular formula is C20H18N4O4. The van der Waals surface area contributed by atoms with E-state index in [1.165, 1.54) is 0 Å². The molecule has 1 aromatic heterocycles. The Morgan fingerprint density at radius 3 is 2.64 bits per heavy atom. The maximum Gasteiger partial charge on any atom is 0.359 e. The third-order valence-electron chi connectivity index (χ3n) is 4.36. The molecule has 0 bridgehead atoms. The number of amides is 2.